The highest BCUT2D eigenvalue weighted by Gasteiger charge is 2.40. The molecule has 5 rings (SSSR count). The summed E-state index contributed by atoms with van der Waals surface area (Å²) < 4.78 is 13.4. The SMILES string of the molecule is CC(C)CC[C@H]1[C@H]2C[C@H](CN(Cc3cccc4c3OCO4)C2)c2cccc(=O)n21. The Hall–Kier alpha value is -2.27. The van der Waals surface area contributed by atoms with Gasteiger partial charge in [0.25, 0.3) is 5.56 Å². The molecule has 0 saturated carbocycles. The van der Waals surface area contributed by atoms with Crippen molar-refractivity contribution in [3.05, 3.63) is 58.0 Å². The molecule has 29 heavy (non-hydrogen) atoms. The smallest absolute Gasteiger partial charge is 0.250 e. The molecule has 3 aliphatic heterocycles. The van der Waals surface area contributed by atoms with Gasteiger partial charge in [-0.2, -0.15) is 0 Å². The lowest BCUT2D eigenvalue weighted by Crippen LogP contribution is -2.49. The van der Waals surface area contributed by atoms with Crippen molar-refractivity contribution in [1.82, 2.24) is 9.47 Å². The highest BCUT2D eigenvalue weighted by molar-refractivity contribution is 5.48. The number of likely N-dealkylation sites (tertiary alicyclic amines) is 1. The van der Waals surface area contributed by atoms with Gasteiger partial charge in [-0.25, -0.2) is 0 Å². The van der Waals surface area contributed by atoms with E-state index in [0.29, 0.717) is 30.6 Å². The third kappa shape index (κ3) is 3.46. The molecule has 0 amide bonds. The van der Waals surface area contributed by atoms with E-state index in [1.165, 1.54) is 17.7 Å². The molecular formula is C24H30N2O3. The zero-order chi connectivity index (χ0) is 20.0. The van der Waals surface area contributed by atoms with E-state index in [2.05, 4.69) is 35.4 Å². The van der Waals surface area contributed by atoms with Gasteiger partial charge in [0, 0.05) is 48.9 Å². The van der Waals surface area contributed by atoms with Crippen LogP contribution in [0.3, 0.4) is 0 Å². The third-order valence-electron chi connectivity index (χ3n) is 6.79. The van der Waals surface area contributed by atoms with Crippen LogP contribution in [0.15, 0.2) is 41.2 Å². The molecule has 4 heterocycles. The van der Waals surface area contributed by atoms with Crippen molar-refractivity contribution >= 4 is 0 Å². The van der Waals surface area contributed by atoms with Gasteiger partial charge in [0.1, 0.15) is 0 Å². The van der Waals surface area contributed by atoms with Crippen LogP contribution in [0.4, 0.5) is 0 Å². The van der Waals surface area contributed by atoms with Gasteiger partial charge in [-0.1, -0.05) is 32.0 Å². The second-order valence-corrected chi connectivity index (χ2v) is 9.24. The summed E-state index contributed by atoms with van der Waals surface area (Å²) in [6.45, 7) is 7.74. The van der Waals surface area contributed by atoms with Gasteiger partial charge in [-0.05, 0) is 43.2 Å². The van der Waals surface area contributed by atoms with Crippen molar-refractivity contribution in [2.24, 2.45) is 11.8 Å². The number of hydrogen-bond acceptors (Lipinski definition) is 4. The van der Waals surface area contributed by atoms with Crippen LogP contribution in [0, 0.1) is 11.8 Å². The van der Waals surface area contributed by atoms with Crippen molar-refractivity contribution in [3.63, 3.8) is 0 Å². The molecule has 154 valence electrons. The number of aromatic nitrogens is 1. The Morgan fingerprint density at radius 1 is 1.10 bits per heavy atom. The zero-order valence-corrected chi connectivity index (χ0v) is 17.3. The minimum absolute atomic E-state index is 0.172. The highest BCUT2D eigenvalue weighted by atomic mass is 16.7. The standard InChI is InChI=1S/C24H30N2O3/c1-16(2)9-10-21-19-11-18(20-6-4-8-23(27)26(20)21)13-25(14-19)12-17-5-3-7-22-24(17)29-15-28-22/h3-8,16,18-19,21H,9-15H2,1-2H3/t18-,19+,21+/m1/s1. The average molecular weight is 395 g/mol. The van der Waals surface area contributed by atoms with E-state index >= 15 is 0 Å². The minimum atomic E-state index is 0.172. The molecule has 5 nitrogen and oxygen atoms in total. The van der Waals surface area contributed by atoms with Gasteiger partial charge in [-0.15, -0.1) is 0 Å². The van der Waals surface area contributed by atoms with Gasteiger partial charge in [-0.3, -0.25) is 9.69 Å². The number of fused-ring (bicyclic) bond motifs is 5. The van der Waals surface area contributed by atoms with Gasteiger partial charge in [0.05, 0.1) is 0 Å². The maximum Gasteiger partial charge on any atom is 0.250 e. The molecule has 0 radical (unpaired) electrons. The Balaban J connectivity index is 1.43. The first-order valence-electron chi connectivity index (χ1n) is 10.9. The summed E-state index contributed by atoms with van der Waals surface area (Å²) >= 11 is 0. The summed E-state index contributed by atoms with van der Waals surface area (Å²) in [7, 11) is 0. The van der Waals surface area contributed by atoms with Crippen LogP contribution in [0.5, 0.6) is 11.5 Å². The quantitative estimate of drug-likeness (QED) is 0.763. The first-order valence-corrected chi connectivity index (χ1v) is 10.9. The summed E-state index contributed by atoms with van der Waals surface area (Å²) in [5.41, 5.74) is 2.60. The summed E-state index contributed by atoms with van der Waals surface area (Å²) in [5, 5.41) is 0. The molecule has 2 bridgehead atoms. The van der Waals surface area contributed by atoms with E-state index in [4.69, 9.17) is 9.47 Å². The van der Waals surface area contributed by atoms with Crippen LogP contribution in [0.2, 0.25) is 0 Å². The summed E-state index contributed by atoms with van der Waals surface area (Å²) in [6, 6.07) is 12.3. The molecule has 0 unspecified atom stereocenters. The molecule has 0 N–H and O–H groups in total. The van der Waals surface area contributed by atoms with Crippen LogP contribution in [-0.2, 0) is 6.54 Å². The number of ether oxygens (including phenoxy) is 2. The second kappa shape index (κ2) is 7.52. The molecule has 0 spiro atoms. The molecule has 0 aliphatic carbocycles. The molecule has 1 aromatic heterocycles. The van der Waals surface area contributed by atoms with E-state index < -0.39 is 0 Å². The van der Waals surface area contributed by atoms with Crippen molar-refractivity contribution in [1.29, 1.82) is 0 Å². The highest BCUT2D eigenvalue weighted by Crippen LogP contribution is 2.44. The predicted octanol–water partition coefficient (Wildman–Crippen LogP) is 4.17. The summed E-state index contributed by atoms with van der Waals surface area (Å²) in [4.78, 5) is 15.3. The number of rotatable bonds is 5. The average Bonchev–Trinajstić information content (AvgIpc) is 3.18. The molecule has 2 aromatic rings. The Bertz CT molecular complexity index is 951. The van der Waals surface area contributed by atoms with Gasteiger partial charge >= 0.3 is 0 Å². The number of piperidine rings is 1. The van der Waals surface area contributed by atoms with Crippen LogP contribution in [0.1, 0.15) is 56.3 Å². The van der Waals surface area contributed by atoms with E-state index in [-0.39, 0.29) is 5.56 Å². The van der Waals surface area contributed by atoms with Crippen LogP contribution in [0.25, 0.3) is 0 Å². The Morgan fingerprint density at radius 3 is 2.83 bits per heavy atom. The van der Waals surface area contributed by atoms with Crippen LogP contribution < -0.4 is 15.0 Å². The van der Waals surface area contributed by atoms with E-state index in [1.807, 2.05) is 18.2 Å². The van der Waals surface area contributed by atoms with E-state index in [9.17, 15) is 4.79 Å². The predicted molar refractivity (Wildman–Crippen MR) is 113 cm³/mol. The third-order valence-corrected chi connectivity index (χ3v) is 6.79. The molecule has 1 fully saturated rings. The molecule has 5 heteroatoms. The number of pyridine rings is 1. The van der Waals surface area contributed by atoms with E-state index in [1.54, 1.807) is 6.07 Å². The number of para-hydroxylation sites is 1. The first kappa shape index (κ1) is 18.7. The Kier molecular flexibility index (Phi) is 4.86. The minimum Gasteiger partial charge on any atom is -0.454 e. The fourth-order valence-electron chi connectivity index (χ4n) is 5.49. The fourth-order valence-corrected chi connectivity index (χ4v) is 5.49. The van der Waals surface area contributed by atoms with Crippen LogP contribution in [-0.4, -0.2) is 29.3 Å². The lowest BCUT2D eigenvalue weighted by molar-refractivity contribution is 0.0791. The van der Waals surface area contributed by atoms with Crippen molar-refractivity contribution in [2.45, 2.75) is 51.6 Å². The van der Waals surface area contributed by atoms with Gasteiger partial charge in [0.2, 0.25) is 6.79 Å². The topological polar surface area (TPSA) is 43.7 Å². The zero-order valence-electron chi connectivity index (χ0n) is 17.3. The second-order valence-electron chi connectivity index (χ2n) is 9.24. The lowest BCUT2D eigenvalue weighted by Gasteiger charge is -2.47. The van der Waals surface area contributed by atoms with Crippen LogP contribution >= 0.6 is 0 Å². The number of benzene rings is 1. The van der Waals surface area contributed by atoms with Crippen molar-refractivity contribution < 1.29 is 9.47 Å². The summed E-state index contributed by atoms with van der Waals surface area (Å²) in [6.07, 6.45) is 3.43. The maximum atomic E-state index is 12.8. The summed E-state index contributed by atoms with van der Waals surface area (Å²) in [5.74, 6) is 3.35. The number of nitrogens with zero attached hydrogens (tertiary/aromatic N) is 2. The Labute approximate surface area is 172 Å². The lowest BCUT2D eigenvalue weighted by atomic mass is 9.76. The maximum absolute atomic E-state index is 12.8. The number of hydrogen-bond donors (Lipinski definition) is 0. The first-order chi connectivity index (χ1) is 14.1. The van der Waals surface area contributed by atoms with Gasteiger partial charge in [0.15, 0.2) is 11.5 Å². The van der Waals surface area contributed by atoms with E-state index in [0.717, 1.165) is 44.0 Å². The Morgan fingerprint density at radius 2 is 1.97 bits per heavy atom. The normalized spacial score (nSPS) is 25.3. The molecular weight excluding hydrogens is 364 g/mol. The fraction of sp³-hybridized carbons (Fsp3) is 0.542. The van der Waals surface area contributed by atoms with Crippen molar-refractivity contribution in [2.75, 3.05) is 19.9 Å². The molecule has 1 aromatic carbocycles. The molecule has 3 atom stereocenters. The molecule has 1 saturated heterocycles. The largest absolute Gasteiger partial charge is 0.454 e. The van der Waals surface area contributed by atoms with Crippen molar-refractivity contribution in [3.8, 4) is 11.5 Å². The van der Waals surface area contributed by atoms with Gasteiger partial charge < -0.3 is 14.0 Å². The molecule has 3 aliphatic rings. The monoisotopic (exact) mass is 394 g/mol.